The van der Waals surface area contributed by atoms with Crippen molar-refractivity contribution in [1.82, 2.24) is 9.80 Å². The van der Waals surface area contributed by atoms with E-state index in [1.807, 2.05) is 0 Å². The van der Waals surface area contributed by atoms with Gasteiger partial charge in [-0.2, -0.15) is 0 Å². The molecular weight excluding hydrogens is 354 g/mol. The van der Waals surface area contributed by atoms with E-state index < -0.39 is 0 Å². The number of nitrogens with one attached hydrogen (secondary N) is 1. The highest BCUT2D eigenvalue weighted by Crippen LogP contribution is 2.17. The van der Waals surface area contributed by atoms with Gasteiger partial charge in [0.05, 0.1) is 0 Å². The van der Waals surface area contributed by atoms with Gasteiger partial charge in [-0.15, -0.1) is 0 Å². The fourth-order valence-electron chi connectivity index (χ4n) is 2.78. The van der Waals surface area contributed by atoms with Crippen LogP contribution in [-0.2, 0) is 4.79 Å². The summed E-state index contributed by atoms with van der Waals surface area (Å²) in [7, 11) is 0. The molecule has 26 heavy (non-hydrogen) atoms. The Labute approximate surface area is 156 Å². The zero-order valence-electron chi connectivity index (χ0n) is 14.0. The first-order valence-electron chi connectivity index (χ1n) is 8.22. The second-order valence-electron chi connectivity index (χ2n) is 5.98. The highest BCUT2D eigenvalue weighted by molar-refractivity contribution is 6.31. The van der Waals surface area contributed by atoms with Gasteiger partial charge in [-0.1, -0.05) is 23.7 Å². The topological polar surface area (TPSA) is 69.7 Å². The van der Waals surface area contributed by atoms with Crippen LogP contribution >= 0.6 is 11.6 Å². The first kappa shape index (κ1) is 17.9. The zero-order valence-corrected chi connectivity index (χ0v) is 14.8. The summed E-state index contributed by atoms with van der Waals surface area (Å²) in [5, 5.41) is 3.29. The molecule has 6 nitrogen and oxygen atoms in total. The third-order valence-corrected chi connectivity index (χ3v) is 4.44. The van der Waals surface area contributed by atoms with Crippen LogP contribution in [-0.4, -0.2) is 54.2 Å². The number of halogens is 1. The third kappa shape index (κ3) is 4.21. The maximum absolute atomic E-state index is 12.6. The number of carbonyl (C=O) groups is 3. The molecule has 2 aromatic carbocycles. The van der Waals surface area contributed by atoms with Crippen LogP contribution in [0.15, 0.2) is 48.5 Å². The van der Waals surface area contributed by atoms with Crippen molar-refractivity contribution in [1.29, 1.82) is 0 Å². The molecular formula is C19H18ClN3O3. The molecule has 0 aromatic heterocycles. The highest BCUT2D eigenvalue weighted by atomic mass is 35.5. The van der Waals surface area contributed by atoms with Crippen molar-refractivity contribution >= 4 is 35.5 Å². The third-order valence-electron chi connectivity index (χ3n) is 4.20. The number of piperazine rings is 1. The van der Waals surface area contributed by atoms with Crippen LogP contribution in [0.5, 0.6) is 0 Å². The molecule has 3 rings (SSSR count). The summed E-state index contributed by atoms with van der Waals surface area (Å²) in [6.45, 7) is 2.00. The molecule has 1 aliphatic rings. The van der Waals surface area contributed by atoms with Crippen LogP contribution in [0.1, 0.15) is 20.7 Å². The van der Waals surface area contributed by atoms with Crippen molar-refractivity contribution in [2.75, 3.05) is 31.5 Å². The molecule has 3 amide bonds. The summed E-state index contributed by atoms with van der Waals surface area (Å²) in [5.74, 6) is -0.458. The maximum atomic E-state index is 12.6. The minimum atomic E-state index is -0.312. The van der Waals surface area contributed by atoms with Crippen LogP contribution in [0.25, 0.3) is 0 Å². The van der Waals surface area contributed by atoms with Gasteiger partial charge in [0, 0.05) is 48.0 Å². The Bertz CT molecular complexity index is 832. The Balaban J connectivity index is 1.70. The van der Waals surface area contributed by atoms with Crippen molar-refractivity contribution in [3.8, 4) is 0 Å². The van der Waals surface area contributed by atoms with Crippen LogP contribution in [0, 0.1) is 0 Å². The van der Waals surface area contributed by atoms with Crippen LogP contribution in [0.3, 0.4) is 0 Å². The molecule has 1 fully saturated rings. The van der Waals surface area contributed by atoms with Crippen molar-refractivity contribution in [2.45, 2.75) is 0 Å². The van der Waals surface area contributed by atoms with E-state index in [2.05, 4.69) is 5.32 Å². The van der Waals surface area contributed by atoms with Gasteiger partial charge in [-0.05, 0) is 36.4 Å². The molecule has 0 atom stereocenters. The summed E-state index contributed by atoms with van der Waals surface area (Å²) in [6.07, 6.45) is 0.794. The Morgan fingerprint density at radius 1 is 0.962 bits per heavy atom. The molecule has 0 saturated carbocycles. The summed E-state index contributed by atoms with van der Waals surface area (Å²) >= 11 is 5.92. The summed E-state index contributed by atoms with van der Waals surface area (Å²) in [5.41, 5.74) is 1.43. The van der Waals surface area contributed by atoms with Gasteiger partial charge in [0.25, 0.3) is 11.8 Å². The van der Waals surface area contributed by atoms with E-state index >= 15 is 0 Å². The van der Waals surface area contributed by atoms with Gasteiger partial charge >= 0.3 is 0 Å². The van der Waals surface area contributed by atoms with Gasteiger partial charge in [-0.3, -0.25) is 14.4 Å². The molecule has 1 saturated heterocycles. The molecule has 1 aliphatic heterocycles. The van der Waals surface area contributed by atoms with Crippen LogP contribution in [0.4, 0.5) is 5.69 Å². The molecule has 0 radical (unpaired) electrons. The first-order valence-corrected chi connectivity index (χ1v) is 8.60. The fraction of sp³-hybridized carbons (Fsp3) is 0.211. The predicted molar refractivity (Wildman–Crippen MR) is 99.4 cm³/mol. The Morgan fingerprint density at radius 2 is 1.65 bits per heavy atom. The number of benzene rings is 2. The van der Waals surface area contributed by atoms with Gasteiger partial charge in [-0.25, -0.2) is 0 Å². The second kappa shape index (κ2) is 8.01. The Hall–Kier alpha value is -2.86. The normalized spacial score (nSPS) is 14.0. The highest BCUT2D eigenvalue weighted by Gasteiger charge is 2.22. The lowest BCUT2D eigenvalue weighted by atomic mass is 10.1. The quantitative estimate of drug-likeness (QED) is 0.839. The van der Waals surface area contributed by atoms with Gasteiger partial charge in [0.1, 0.15) is 0 Å². The standard InChI is InChI=1S/C19H18ClN3O3/c20-16-5-2-6-17(12-16)21-18(25)14-3-1-4-15(11-14)19(26)23-9-7-22(13-24)8-10-23/h1-6,11-13H,7-10H2,(H,21,25). The largest absolute Gasteiger partial charge is 0.342 e. The summed E-state index contributed by atoms with van der Waals surface area (Å²) < 4.78 is 0. The monoisotopic (exact) mass is 371 g/mol. The van der Waals surface area contributed by atoms with Crippen LogP contribution in [0.2, 0.25) is 5.02 Å². The van der Waals surface area contributed by atoms with Crippen LogP contribution < -0.4 is 5.32 Å². The van der Waals surface area contributed by atoms with E-state index in [0.29, 0.717) is 48.0 Å². The lowest BCUT2D eigenvalue weighted by Crippen LogP contribution is -2.48. The van der Waals surface area contributed by atoms with Crippen molar-refractivity contribution in [3.05, 3.63) is 64.7 Å². The van der Waals surface area contributed by atoms with E-state index in [1.165, 1.54) is 0 Å². The number of rotatable bonds is 4. The molecule has 0 aliphatic carbocycles. The summed E-state index contributed by atoms with van der Waals surface area (Å²) in [4.78, 5) is 39.2. The SMILES string of the molecule is O=CN1CCN(C(=O)c2cccc(C(=O)Nc3cccc(Cl)c3)c2)CC1. The second-order valence-corrected chi connectivity index (χ2v) is 6.42. The predicted octanol–water partition coefficient (Wildman–Crippen LogP) is 2.51. The Morgan fingerprint density at radius 3 is 2.35 bits per heavy atom. The number of hydrogen-bond donors (Lipinski definition) is 1. The number of anilines is 1. The molecule has 0 spiro atoms. The molecule has 2 aromatic rings. The molecule has 134 valence electrons. The lowest BCUT2D eigenvalue weighted by molar-refractivity contribution is -0.119. The molecule has 0 bridgehead atoms. The van der Waals surface area contributed by atoms with Crippen molar-refractivity contribution < 1.29 is 14.4 Å². The van der Waals surface area contributed by atoms with E-state index in [4.69, 9.17) is 11.6 Å². The lowest BCUT2D eigenvalue weighted by Gasteiger charge is -2.32. The summed E-state index contributed by atoms with van der Waals surface area (Å²) in [6, 6.07) is 13.5. The van der Waals surface area contributed by atoms with Gasteiger partial charge < -0.3 is 15.1 Å². The molecule has 1 N–H and O–H groups in total. The number of nitrogens with zero attached hydrogens (tertiary/aromatic N) is 2. The first-order chi connectivity index (χ1) is 12.6. The smallest absolute Gasteiger partial charge is 0.255 e. The van der Waals surface area contributed by atoms with Gasteiger partial charge in [0.15, 0.2) is 0 Å². The average Bonchev–Trinajstić information content (AvgIpc) is 2.67. The van der Waals surface area contributed by atoms with E-state index in [0.717, 1.165) is 6.41 Å². The number of hydrogen-bond acceptors (Lipinski definition) is 3. The van der Waals surface area contributed by atoms with E-state index in [9.17, 15) is 14.4 Å². The minimum absolute atomic E-state index is 0.145. The van der Waals surface area contributed by atoms with E-state index in [-0.39, 0.29) is 11.8 Å². The zero-order chi connectivity index (χ0) is 18.5. The van der Waals surface area contributed by atoms with Crippen molar-refractivity contribution in [2.24, 2.45) is 0 Å². The number of amides is 3. The molecule has 1 heterocycles. The molecule has 0 unspecified atom stereocenters. The Kier molecular flexibility index (Phi) is 5.53. The minimum Gasteiger partial charge on any atom is -0.342 e. The average molecular weight is 372 g/mol. The van der Waals surface area contributed by atoms with Gasteiger partial charge in [0.2, 0.25) is 6.41 Å². The molecule has 7 heteroatoms. The number of carbonyl (C=O) groups excluding carboxylic acids is 3. The van der Waals surface area contributed by atoms with E-state index in [1.54, 1.807) is 58.3 Å². The fourth-order valence-corrected chi connectivity index (χ4v) is 2.97. The van der Waals surface area contributed by atoms with Crippen molar-refractivity contribution in [3.63, 3.8) is 0 Å². The maximum Gasteiger partial charge on any atom is 0.255 e.